The lowest BCUT2D eigenvalue weighted by molar-refractivity contribution is -0.118. The Bertz CT molecular complexity index is 826. The molecule has 1 unspecified atom stereocenters. The van der Waals surface area contributed by atoms with Crippen LogP contribution in [0.25, 0.3) is 0 Å². The summed E-state index contributed by atoms with van der Waals surface area (Å²) in [6, 6.07) is 8.67. The van der Waals surface area contributed by atoms with Crippen molar-refractivity contribution in [2.75, 3.05) is 25.3 Å². The second-order valence-corrected chi connectivity index (χ2v) is 6.81. The number of ether oxygens (including phenoxy) is 2. The molecule has 2 N–H and O–H groups in total. The Balaban J connectivity index is 2.12. The minimum Gasteiger partial charge on any atom is -0.493 e. The lowest BCUT2D eigenvalue weighted by atomic mass is 10.1. The summed E-state index contributed by atoms with van der Waals surface area (Å²) in [4.78, 5) is 24.6. The highest BCUT2D eigenvalue weighted by molar-refractivity contribution is 7.99. The molecule has 0 aliphatic carbocycles. The van der Waals surface area contributed by atoms with Crippen LogP contribution in [-0.4, -0.2) is 37.0 Å². The molecule has 27 heavy (non-hydrogen) atoms. The van der Waals surface area contributed by atoms with Crippen molar-refractivity contribution in [2.24, 2.45) is 5.92 Å². The second-order valence-electron chi connectivity index (χ2n) is 5.72. The maximum Gasteiger partial charge on any atom is 0.335 e. The van der Waals surface area contributed by atoms with Gasteiger partial charge < -0.3 is 19.9 Å². The molecule has 2 aromatic rings. The number of carboxylic acid groups (broad SMARTS) is 1. The average Bonchev–Trinajstić information content (AvgIpc) is 2.66. The van der Waals surface area contributed by atoms with E-state index < -0.39 is 5.97 Å². The molecule has 1 amide bonds. The van der Waals surface area contributed by atoms with Gasteiger partial charge in [0.25, 0.3) is 0 Å². The van der Waals surface area contributed by atoms with Gasteiger partial charge in [0.05, 0.1) is 25.5 Å². The van der Waals surface area contributed by atoms with E-state index in [4.69, 9.17) is 9.47 Å². The van der Waals surface area contributed by atoms with Crippen LogP contribution in [0.2, 0.25) is 0 Å². The molecule has 8 heteroatoms. The molecule has 2 rings (SSSR count). The minimum absolute atomic E-state index is 0.0312. The number of carboxylic acids is 1. The highest BCUT2D eigenvalue weighted by Gasteiger charge is 2.20. The van der Waals surface area contributed by atoms with Gasteiger partial charge in [0.1, 0.15) is 5.82 Å². The highest BCUT2D eigenvalue weighted by atomic mass is 32.2. The number of hydrogen-bond donors (Lipinski definition) is 2. The lowest BCUT2D eigenvalue weighted by Gasteiger charge is -2.17. The first-order valence-corrected chi connectivity index (χ1v) is 9.02. The first kappa shape index (κ1) is 20.6. The maximum atomic E-state index is 12.9. The number of hydrogen-bond acceptors (Lipinski definition) is 5. The van der Waals surface area contributed by atoms with Crippen LogP contribution in [0.3, 0.4) is 0 Å². The molecule has 0 aliphatic rings. The van der Waals surface area contributed by atoms with Gasteiger partial charge in [-0.15, -0.1) is 11.8 Å². The standard InChI is InChI=1S/C19H20FNO5S/c1-11(10-27-14-6-4-13(20)5-7-14)18(22)21-15-8-12(19(23)24)9-16(25-2)17(15)26-3/h4-9,11H,10H2,1-3H3,(H,21,22)(H,23,24). The van der Waals surface area contributed by atoms with Crippen molar-refractivity contribution in [2.45, 2.75) is 11.8 Å². The van der Waals surface area contributed by atoms with Gasteiger partial charge in [0.15, 0.2) is 11.5 Å². The van der Waals surface area contributed by atoms with Crippen LogP contribution in [0, 0.1) is 11.7 Å². The molecule has 0 saturated carbocycles. The van der Waals surface area contributed by atoms with Gasteiger partial charge in [-0.3, -0.25) is 4.79 Å². The van der Waals surface area contributed by atoms with Gasteiger partial charge in [0.2, 0.25) is 5.91 Å². The largest absolute Gasteiger partial charge is 0.493 e. The Hall–Kier alpha value is -2.74. The van der Waals surface area contributed by atoms with E-state index in [9.17, 15) is 19.1 Å². The zero-order chi connectivity index (χ0) is 20.0. The monoisotopic (exact) mass is 393 g/mol. The molecular weight excluding hydrogens is 373 g/mol. The van der Waals surface area contributed by atoms with Crippen molar-refractivity contribution in [3.63, 3.8) is 0 Å². The van der Waals surface area contributed by atoms with Crippen molar-refractivity contribution in [1.82, 2.24) is 0 Å². The quantitative estimate of drug-likeness (QED) is 0.662. The first-order chi connectivity index (χ1) is 12.8. The lowest BCUT2D eigenvalue weighted by Crippen LogP contribution is -2.22. The Morgan fingerprint density at radius 2 is 1.85 bits per heavy atom. The average molecular weight is 393 g/mol. The summed E-state index contributed by atoms with van der Waals surface area (Å²) in [5.41, 5.74) is 0.189. The number of nitrogens with one attached hydrogen (secondary N) is 1. The van der Waals surface area contributed by atoms with E-state index in [0.29, 0.717) is 5.75 Å². The van der Waals surface area contributed by atoms with Crippen molar-refractivity contribution in [1.29, 1.82) is 0 Å². The number of methoxy groups -OCH3 is 2. The fourth-order valence-electron chi connectivity index (χ4n) is 2.26. The molecule has 144 valence electrons. The summed E-state index contributed by atoms with van der Waals surface area (Å²) in [6.07, 6.45) is 0. The van der Waals surface area contributed by atoms with Crippen molar-refractivity contribution in [3.8, 4) is 11.5 Å². The van der Waals surface area contributed by atoms with Crippen molar-refractivity contribution < 1.29 is 28.6 Å². The van der Waals surface area contributed by atoms with Gasteiger partial charge in [-0.1, -0.05) is 6.92 Å². The molecule has 0 spiro atoms. The number of rotatable bonds is 8. The predicted molar refractivity (Wildman–Crippen MR) is 101 cm³/mol. The maximum absolute atomic E-state index is 12.9. The molecule has 2 aromatic carbocycles. The van der Waals surface area contributed by atoms with Gasteiger partial charge in [0, 0.05) is 16.6 Å². The highest BCUT2D eigenvalue weighted by Crippen LogP contribution is 2.37. The fraction of sp³-hybridized carbons (Fsp3) is 0.263. The third kappa shape index (κ3) is 5.37. The Morgan fingerprint density at radius 3 is 2.41 bits per heavy atom. The van der Waals surface area contributed by atoms with Crippen molar-refractivity contribution >= 4 is 29.3 Å². The van der Waals surface area contributed by atoms with E-state index in [1.54, 1.807) is 19.1 Å². The van der Waals surface area contributed by atoms with E-state index in [2.05, 4.69) is 5.32 Å². The number of amides is 1. The number of carbonyl (C=O) groups excluding carboxylic acids is 1. The molecule has 6 nitrogen and oxygen atoms in total. The van der Waals surface area contributed by atoms with E-state index in [0.717, 1.165) is 4.90 Å². The molecular formula is C19H20FNO5S. The third-order valence-electron chi connectivity index (χ3n) is 3.74. The summed E-state index contributed by atoms with van der Waals surface area (Å²) >= 11 is 1.42. The predicted octanol–water partition coefficient (Wildman–Crippen LogP) is 3.91. The summed E-state index contributed by atoms with van der Waals surface area (Å²) in [7, 11) is 2.79. The number of benzene rings is 2. The Morgan fingerprint density at radius 1 is 1.19 bits per heavy atom. The number of halogens is 1. The topological polar surface area (TPSA) is 84.9 Å². The van der Waals surface area contributed by atoms with Gasteiger partial charge >= 0.3 is 5.97 Å². The molecule has 1 atom stereocenters. The van der Waals surface area contributed by atoms with Gasteiger partial charge in [-0.25, -0.2) is 9.18 Å². The zero-order valence-electron chi connectivity index (χ0n) is 15.1. The van der Waals surface area contributed by atoms with E-state index in [1.165, 1.54) is 50.2 Å². The summed E-state index contributed by atoms with van der Waals surface area (Å²) in [5.74, 6) is -1.22. The Labute approximate surface area is 160 Å². The molecule has 0 aliphatic heterocycles. The molecule has 0 fully saturated rings. The molecule has 0 radical (unpaired) electrons. The number of anilines is 1. The van der Waals surface area contributed by atoms with Gasteiger partial charge in [-0.2, -0.15) is 0 Å². The zero-order valence-corrected chi connectivity index (χ0v) is 15.9. The van der Waals surface area contributed by atoms with Crippen LogP contribution < -0.4 is 14.8 Å². The van der Waals surface area contributed by atoms with E-state index >= 15 is 0 Å². The fourth-order valence-corrected chi connectivity index (χ4v) is 3.19. The van der Waals surface area contributed by atoms with E-state index in [-0.39, 0.29) is 40.4 Å². The number of thioether (sulfide) groups is 1. The SMILES string of the molecule is COc1cc(C(=O)O)cc(NC(=O)C(C)CSc2ccc(F)cc2)c1OC. The smallest absolute Gasteiger partial charge is 0.335 e. The summed E-state index contributed by atoms with van der Waals surface area (Å²) in [6.45, 7) is 1.75. The van der Waals surface area contributed by atoms with Crippen LogP contribution in [0.5, 0.6) is 11.5 Å². The normalized spacial score (nSPS) is 11.6. The van der Waals surface area contributed by atoms with Crippen LogP contribution in [0.1, 0.15) is 17.3 Å². The minimum atomic E-state index is -1.15. The first-order valence-electron chi connectivity index (χ1n) is 8.04. The summed E-state index contributed by atoms with van der Waals surface area (Å²) in [5, 5.41) is 11.9. The third-order valence-corrected chi connectivity index (χ3v) is 5.02. The molecule has 0 bridgehead atoms. The van der Waals surface area contributed by atoms with Crippen LogP contribution in [0.15, 0.2) is 41.3 Å². The number of aromatic carboxylic acids is 1. The number of carbonyl (C=O) groups is 2. The summed E-state index contributed by atoms with van der Waals surface area (Å²) < 4.78 is 23.3. The van der Waals surface area contributed by atoms with E-state index in [1.807, 2.05) is 0 Å². The molecule has 0 saturated heterocycles. The van der Waals surface area contributed by atoms with Crippen LogP contribution in [0.4, 0.5) is 10.1 Å². The molecule has 0 aromatic heterocycles. The van der Waals surface area contributed by atoms with Crippen LogP contribution in [-0.2, 0) is 4.79 Å². The van der Waals surface area contributed by atoms with Gasteiger partial charge in [-0.05, 0) is 36.4 Å². The van der Waals surface area contributed by atoms with Crippen molar-refractivity contribution in [3.05, 3.63) is 47.8 Å². The second kappa shape index (κ2) is 9.27. The van der Waals surface area contributed by atoms with Crippen LogP contribution >= 0.6 is 11.8 Å². The Kier molecular flexibility index (Phi) is 7.06. The molecule has 0 heterocycles.